The van der Waals surface area contributed by atoms with Gasteiger partial charge in [-0.2, -0.15) is 5.26 Å². The number of anilines is 1. The van der Waals surface area contributed by atoms with Crippen molar-refractivity contribution in [2.45, 2.75) is 37.5 Å². The van der Waals surface area contributed by atoms with Crippen molar-refractivity contribution in [1.82, 2.24) is 10.2 Å². The first-order valence-corrected chi connectivity index (χ1v) is 11.1. The molecule has 0 aromatic heterocycles. The minimum atomic E-state index is -0.347. The number of hydrogen-bond acceptors (Lipinski definition) is 6. The third-order valence-electron chi connectivity index (χ3n) is 6.24. The van der Waals surface area contributed by atoms with Gasteiger partial charge in [0.15, 0.2) is 0 Å². The third kappa shape index (κ3) is 4.87. The highest BCUT2D eigenvalue weighted by Crippen LogP contribution is 2.32. The van der Waals surface area contributed by atoms with Crippen LogP contribution in [0.5, 0.6) is 5.75 Å². The average molecular weight is 463 g/mol. The van der Waals surface area contributed by atoms with E-state index < -0.39 is 0 Å². The molecule has 0 aliphatic carbocycles. The normalized spacial score (nSPS) is 21.6. The Kier molecular flexibility index (Phi) is 6.80. The van der Waals surface area contributed by atoms with E-state index in [1.54, 1.807) is 61.5 Å². The Bertz CT molecular complexity index is 1140. The van der Waals surface area contributed by atoms with Gasteiger partial charge in [0, 0.05) is 25.3 Å². The van der Waals surface area contributed by atoms with Crippen molar-refractivity contribution < 1.29 is 23.9 Å². The number of benzene rings is 2. The number of rotatable bonds is 4. The zero-order valence-corrected chi connectivity index (χ0v) is 19.0. The Balaban J connectivity index is 1.50. The lowest BCUT2D eigenvalue weighted by molar-refractivity contribution is -0.133. The average Bonchev–Trinajstić information content (AvgIpc) is 2.86. The molecular formula is C25H26N4O5. The highest BCUT2D eigenvalue weighted by Gasteiger charge is 2.39. The van der Waals surface area contributed by atoms with Gasteiger partial charge < -0.3 is 25.0 Å². The fourth-order valence-electron chi connectivity index (χ4n) is 4.31. The second-order valence-electron chi connectivity index (χ2n) is 8.40. The highest BCUT2D eigenvalue weighted by molar-refractivity contribution is 6.05. The molecule has 0 saturated carbocycles. The molecular weight excluding hydrogens is 436 g/mol. The Morgan fingerprint density at radius 1 is 1.18 bits per heavy atom. The fourth-order valence-corrected chi connectivity index (χ4v) is 4.31. The lowest BCUT2D eigenvalue weighted by atomic mass is 9.94. The maximum atomic E-state index is 13.3. The highest BCUT2D eigenvalue weighted by atomic mass is 16.5. The smallest absolute Gasteiger partial charge is 0.257 e. The summed E-state index contributed by atoms with van der Waals surface area (Å²) >= 11 is 0. The fraction of sp³-hybridized carbons (Fsp3) is 0.360. The van der Waals surface area contributed by atoms with E-state index in [0.29, 0.717) is 41.0 Å². The second kappa shape index (κ2) is 9.93. The van der Waals surface area contributed by atoms with E-state index in [2.05, 4.69) is 10.6 Å². The van der Waals surface area contributed by atoms with Crippen LogP contribution >= 0.6 is 0 Å². The molecule has 34 heavy (non-hydrogen) atoms. The minimum Gasteiger partial charge on any atom is -0.490 e. The molecule has 2 heterocycles. The summed E-state index contributed by atoms with van der Waals surface area (Å²) in [6, 6.07) is 13.1. The van der Waals surface area contributed by atoms with Gasteiger partial charge >= 0.3 is 0 Å². The molecule has 4 rings (SSSR count). The van der Waals surface area contributed by atoms with Crippen LogP contribution in [-0.2, 0) is 9.53 Å². The summed E-state index contributed by atoms with van der Waals surface area (Å²) in [6.07, 6.45) is 1.08. The Hall–Kier alpha value is -3.90. The predicted molar refractivity (Wildman–Crippen MR) is 124 cm³/mol. The van der Waals surface area contributed by atoms with E-state index >= 15 is 0 Å². The number of fused-ring (bicyclic) bond motifs is 2. The van der Waals surface area contributed by atoms with E-state index in [-0.39, 0.29) is 49.0 Å². The molecule has 0 bridgehead atoms. The van der Waals surface area contributed by atoms with Crippen molar-refractivity contribution in [2.24, 2.45) is 0 Å². The molecule has 9 nitrogen and oxygen atoms in total. The zero-order valence-electron chi connectivity index (χ0n) is 19.0. The lowest BCUT2D eigenvalue weighted by Crippen LogP contribution is -2.53. The monoisotopic (exact) mass is 462 g/mol. The molecule has 2 aliphatic heterocycles. The van der Waals surface area contributed by atoms with E-state index in [4.69, 9.17) is 14.7 Å². The summed E-state index contributed by atoms with van der Waals surface area (Å²) < 4.78 is 12.1. The van der Waals surface area contributed by atoms with Gasteiger partial charge in [-0.25, -0.2) is 0 Å². The number of likely N-dealkylation sites (N-methyl/N-ethyl adjacent to an activating group) is 1. The standard InChI is InChI=1S/C25H26N4O5/c1-27-23(30)12-18-8-9-20-22(34-18)14-33-21-10-7-17(11-19(21)25(32)29(20)2)28-24(31)16-5-3-15(13-26)4-6-16/h3-7,10-11,18,20,22H,8-9,12,14H2,1-2H3,(H,27,30)(H,28,31)/t18-,20+,22-/m1/s1. The van der Waals surface area contributed by atoms with Crippen molar-refractivity contribution in [3.63, 3.8) is 0 Å². The first kappa shape index (κ1) is 23.3. The van der Waals surface area contributed by atoms with E-state index in [0.717, 1.165) is 0 Å². The molecule has 2 N–H and O–H groups in total. The molecule has 0 radical (unpaired) electrons. The number of ether oxygens (including phenoxy) is 2. The molecule has 1 saturated heterocycles. The summed E-state index contributed by atoms with van der Waals surface area (Å²) in [4.78, 5) is 39.3. The zero-order chi connectivity index (χ0) is 24.2. The quantitative estimate of drug-likeness (QED) is 0.720. The van der Waals surface area contributed by atoms with Gasteiger partial charge in [-0.05, 0) is 55.3 Å². The van der Waals surface area contributed by atoms with Gasteiger partial charge in [0.25, 0.3) is 11.8 Å². The van der Waals surface area contributed by atoms with E-state index in [1.807, 2.05) is 6.07 Å². The Labute approximate surface area is 197 Å². The van der Waals surface area contributed by atoms with E-state index in [1.165, 1.54) is 0 Å². The van der Waals surface area contributed by atoms with E-state index in [9.17, 15) is 14.4 Å². The van der Waals surface area contributed by atoms with Crippen LogP contribution in [0.3, 0.4) is 0 Å². The van der Waals surface area contributed by atoms with Gasteiger partial charge in [-0.15, -0.1) is 0 Å². The Morgan fingerprint density at radius 2 is 1.94 bits per heavy atom. The number of carbonyl (C=O) groups is 3. The second-order valence-corrected chi connectivity index (χ2v) is 8.40. The maximum Gasteiger partial charge on any atom is 0.257 e. The number of nitrogens with zero attached hydrogens (tertiary/aromatic N) is 2. The molecule has 1 fully saturated rings. The van der Waals surface area contributed by atoms with Crippen LogP contribution in [0.2, 0.25) is 0 Å². The van der Waals surface area contributed by atoms with Crippen molar-refractivity contribution in [3.05, 3.63) is 59.2 Å². The van der Waals surface area contributed by atoms with Crippen LogP contribution in [0.4, 0.5) is 5.69 Å². The number of carbonyl (C=O) groups excluding carboxylic acids is 3. The van der Waals surface area contributed by atoms with Crippen LogP contribution in [0, 0.1) is 11.3 Å². The molecule has 2 aromatic rings. The van der Waals surface area contributed by atoms with Gasteiger partial charge in [-0.3, -0.25) is 14.4 Å². The molecule has 0 spiro atoms. The lowest BCUT2D eigenvalue weighted by Gasteiger charge is -2.42. The molecule has 3 atom stereocenters. The minimum absolute atomic E-state index is 0.0828. The third-order valence-corrected chi connectivity index (χ3v) is 6.24. The van der Waals surface area contributed by atoms with Crippen molar-refractivity contribution in [1.29, 1.82) is 5.26 Å². The van der Waals surface area contributed by atoms with Gasteiger partial charge in [0.1, 0.15) is 18.5 Å². The SMILES string of the molecule is CNC(=O)C[C@H]1CC[C@H]2[C@@H](COc3ccc(NC(=O)c4ccc(C#N)cc4)cc3C(=O)N2C)O1. The summed E-state index contributed by atoms with van der Waals surface area (Å²) in [5.41, 5.74) is 1.68. The number of nitriles is 1. The molecule has 3 amide bonds. The van der Waals surface area contributed by atoms with Gasteiger partial charge in [0.05, 0.1) is 35.8 Å². The van der Waals surface area contributed by atoms with Crippen LogP contribution in [-0.4, -0.2) is 61.6 Å². The maximum absolute atomic E-state index is 13.3. The number of nitrogens with one attached hydrogen (secondary N) is 2. The number of hydrogen-bond donors (Lipinski definition) is 2. The molecule has 2 aromatic carbocycles. The molecule has 2 aliphatic rings. The molecule has 0 unspecified atom stereocenters. The van der Waals surface area contributed by atoms with Crippen LogP contribution in [0.25, 0.3) is 0 Å². The van der Waals surface area contributed by atoms with Gasteiger partial charge in [-0.1, -0.05) is 0 Å². The van der Waals surface area contributed by atoms with Gasteiger partial charge in [0.2, 0.25) is 5.91 Å². The van der Waals surface area contributed by atoms with Crippen molar-refractivity contribution in [2.75, 3.05) is 26.0 Å². The number of amides is 3. The first-order valence-electron chi connectivity index (χ1n) is 11.1. The summed E-state index contributed by atoms with van der Waals surface area (Å²) in [6.45, 7) is 0.247. The van der Waals surface area contributed by atoms with Crippen LogP contribution in [0.15, 0.2) is 42.5 Å². The largest absolute Gasteiger partial charge is 0.490 e. The molecule has 176 valence electrons. The predicted octanol–water partition coefficient (Wildman–Crippen LogP) is 2.33. The molecule has 9 heteroatoms. The van der Waals surface area contributed by atoms with Crippen LogP contribution in [0.1, 0.15) is 45.5 Å². The topological polar surface area (TPSA) is 121 Å². The summed E-state index contributed by atoms with van der Waals surface area (Å²) in [7, 11) is 3.33. The first-order chi connectivity index (χ1) is 16.4. The van der Waals surface area contributed by atoms with Crippen molar-refractivity contribution in [3.8, 4) is 11.8 Å². The summed E-state index contributed by atoms with van der Waals surface area (Å²) in [5.74, 6) is -0.253. The van der Waals surface area contributed by atoms with Crippen LogP contribution < -0.4 is 15.4 Å². The summed E-state index contributed by atoms with van der Waals surface area (Å²) in [5, 5.41) is 14.3. The van der Waals surface area contributed by atoms with Crippen molar-refractivity contribution >= 4 is 23.4 Å². The Morgan fingerprint density at radius 3 is 2.65 bits per heavy atom.